The number of rotatable bonds is 5. The molecule has 0 aliphatic carbocycles. The third kappa shape index (κ3) is 3.08. The van der Waals surface area contributed by atoms with Crippen LogP contribution in [0.3, 0.4) is 0 Å². The molecule has 0 amide bonds. The first kappa shape index (κ1) is 15.1. The number of hydrogen-bond donors (Lipinski definition) is 1. The van der Waals surface area contributed by atoms with Gasteiger partial charge in [-0.1, -0.05) is 0 Å². The molecule has 0 spiro atoms. The third-order valence-corrected chi connectivity index (χ3v) is 3.33. The number of hydrogen-bond acceptors (Lipinski definition) is 4. The number of ether oxygens (including phenoxy) is 2. The SMILES string of the molecule is CNCc1cn(-c2cc(OC)ccc2OC)c(C)cc1=O. The molecule has 0 atom stereocenters. The predicted molar refractivity (Wildman–Crippen MR) is 82.6 cm³/mol. The predicted octanol–water partition coefficient (Wildman–Crippen LogP) is 1.88. The minimum Gasteiger partial charge on any atom is -0.497 e. The van der Waals surface area contributed by atoms with Crippen molar-refractivity contribution >= 4 is 0 Å². The lowest BCUT2D eigenvalue weighted by Gasteiger charge is -2.16. The minimum absolute atomic E-state index is 0.0277. The first-order valence-electron chi connectivity index (χ1n) is 6.70. The van der Waals surface area contributed by atoms with Crippen molar-refractivity contribution in [3.8, 4) is 17.2 Å². The zero-order valence-electron chi connectivity index (χ0n) is 12.8. The molecule has 2 aromatic rings. The quantitative estimate of drug-likeness (QED) is 0.913. The second-order valence-corrected chi connectivity index (χ2v) is 4.74. The fourth-order valence-corrected chi connectivity index (χ4v) is 2.24. The van der Waals surface area contributed by atoms with Crippen LogP contribution in [0.1, 0.15) is 11.3 Å². The number of nitrogens with one attached hydrogen (secondary N) is 1. The first-order chi connectivity index (χ1) is 10.1. The molecule has 112 valence electrons. The van der Waals surface area contributed by atoms with Gasteiger partial charge in [-0.3, -0.25) is 4.79 Å². The summed E-state index contributed by atoms with van der Waals surface area (Å²) in [6, 6.07) is 7.21. The van der Waals surface area contributed by atoms with Crippen LogP contribution in [-0.4, -0.2) is 25.8 Å². The third-order valence-electron chi connectivity index (χ3n) is 3.33. The van der Waals surface area contributed by atoms with Crippen LogP contribution >= 0.6 is 0 Å². The molecule has 2 rings (SSSR count). The van der Waals surface area contributed by atoms with Crippen LogP contribution in [0, 0.1) is 6.92 Å². The van der Waals surface area contributed by atoms with Crippen LogP contribution in [0.4, 0.5) is 0 Å². The summed E-state index contributed by atoms with van der Waals surface area (Å²) < 4.78 is 12.6. The number of pyridine rings is 1. The molecule has 0 bridgehead atoms. The molecule has 1 aromatic carbocycles. The van der Waals surface area contributed by atoms with Gasteiger partial charge in [0.25, 0.3) is 0 Å². The van der Waals surface area contributed by atoms with Crippen molar-refractivity contribution in [1.82, 2.24) is 9.88 Å². The molecule has 0 unspecified atom stereocenters. The van der Waals surface area contributed by atoms with E-state index in [1.807, 2.05) is 42.9 Å². The van der Waals surface area contributed by atoms with Gasteiger partial charge < -0.3 is 19.4 Å². The second kappa shape index (κ2) is 6.45. The summed E-state index contributed by atoms with van der Waals surface area (Å²) in [6.45, 7) is 2.41. The number of aryl methyl sites for hydroxylation is 1. The van der Waals surface area contributed by atoms with Gasteiger partial charge in [0.15, 0.2) is 5.43 Å². The number of methoxy groups -OCH3 is 2. The van der Waals surface area contributed by atoms with Crippen molar-refractivity contribution in [2.24, 2.45) is 0 Å². The summed E-state index contributed by atoms with van der Waals surface area (Å²) >= 11 is 0. The van der Waals surface area contributed by atoms with Crippen LogP contribution in [0.2, 0.25) is 0 Å². The highest BCUT2D eigenvalue weighted by atomic mass is 16.5. The van der Waals surface area contributed by atoms with Crippen molar-refractivity contribution in [3.05, 3.63) is 51.9 Å². The fraction of sp³-hybridized carbons (Fsp3) is 0.312. The Balaban J connectivity index is 2.65. The van der Waals surface area contributed by atoms with Crippen LogP contribution < -0.4 is 20.2 Å². The van der Waals surface area contributed by atoms with E-state index in [1.54, 1.807) is 20.3 Å². The summed E-state index contributed by atoms with van der Waals surface area (Å²) in [5.41, 5.74) is 2.41. The summed E-state index contributed by atoms with van der Waals surface area (Å²) in [7, 11) is 5.06. The Morgan fingerprint density at radius 2 is 1.95 bits per heavy atom. The van der Waals surface area contributed by atoms with Crippen LogP contribution in [-0.2, 0) is 6.54 Å². The van der Waals surface area contributed by atoms with Crippen molar-refractivity contribution in [3.63, 3.8) is 0 Å². The van der Waals surface area contributed by atoms with Gasteiger partial charge in [0.05, 0.1) is 19.9 Å². The lowest BCUT2D eigenvalue weighted by atomic mass is 10.2. The maximum Gasteiger partial charge on any atom is 0.186 e. The molecule has 0 aliphatic heterocycles. The van der Waals surface area contributed by atoms with Gasteiger partial charge in [-0.15, -0.1) is 0 Å². The van der Waals surface area contributed by atoms with Crippen molar-refractivity contribution < 1.29 is 9.47 Å². The Kier molecular flexibility index (Phi) is 4.65. The van der Waals surface area contributed by atoms with Gasteiger partial charge in [0, 0.05) is 36.1 Å². The molecule has 21 heavy (non-hydrogen) atoms. The maximum atomic E-state index is 12.0. The molecule has 0 radical (unpaired) electrons. The highest BCUT2D eigenvalue weighted by Crippen LogP contribution is 2.28. The standard InChI is InChI=1S/C16H20N2O3/c1-11-7-15(19)12(9-17-2)10-18(11)14-8-13(20-3)5-6-16(14)21-4/h5-8,10,17H,9H2,1-4H3. The molecule has 1 heterocycles. The van der Waals surface area contributed by atoms with E-state index < -0.39 is 0 Å². The molecule has 0 saturated heterocycles. The van der Waals surface area contributed by atoms with E-state index in [0.717, 1.165) is 22.9 Å². The van der Waals surface area contributed by atoms with Crippen molar-refractivity contribution in [2.45, 2.75) is 13.5 Å². The molecular weight excluding hydrogens is 268 g/mol. The Labute approximate surface area is 124 Å². The average Bonchev–Trinajstić information content (AvgIpc) is 2.49. The second-order valence-electron chi connectivity index (χ2n) is 4.74. The topological polar surface area (TPSA) is 52.5 Å². The van der Waals surface area contributed by atoms with Gasteiger partial charge in [0.1, 0.15) is 11.5 Å². The lowest BCUT2D eigenvalue weighted by molar-refractivity contribution is 0.401. The van der Waals surface area contributed by atoms with E-state index in [0.29, 0.717) is 12.1 Å². The highest BCUT2D eigenvalue weighted by molar-refractivity contribution is 5.52. The van der Waals surface area contributed by atoms with E-state index in [-0.39, 0.29) is 5.43 Å². The Morgan fingerprint density at radius 1 is 1.19 bits per heavy atom. The zero-order valence-corrected chi connectivity index (χ0v) is 12.8. The summed E-state index contributed by atoms with van der Waals surface area (Å²) in [6.07, 6.45) is 1.84. The molecule has 0 saturated carbocycles. The molecule has 0 fully saturated rings. The van der Waals surface area contributed by atoms with E-state index >= 15 is 0 Å². The molecule has 1 N–H and O–H groups in total. The van der Waals surface area contributed by atoms with Gasteiger partial charge in [-0.2, -0.15) is 0 Å². The number of aromatic nitrogens is 1. The minimum atomic E-state index is 0.0277. The summed E-state index contributed by atoms with van der Waals surface area (Å²) in [5.74, 6) is 1.46. The van der Waals surface area contributed by atoms with Gasteiger partial charge in [-0.05, 0) is 26.1 Å². The molecule has 5 nitrogen and oxygen atoms in total. The molecule has 1 aromatic heterocycles. The largest absolute Gasteiger partial charge is 0.497 e. The fourth-order valence-electron chi connectivity index (χ4n) is 2.24. The van der Waals surface area contributed by atoms with Gasteiger partial charge >= 0.3 is 0 Å². The average molecular weight is 288 g/mol. The van der Waals surface area contributed by atoms with E-state index in [2.05, 4.69) is 5.32 Å². The van der Waals surface area contributed by atoms with Crippen LogP contribution in [0.15, 0.2) is 35.3 Å². The number of nitrogens with zero attached hydrogens (tertiary/aromatic N) is 1. The summed E-state index contributed by atoms with van der Waals surface area (Å²) in [5, 5.41) is 3.00. The molecular formula is C16H20N2O3. The van der Waals surface area contributed by atoms with Gasteiger partial charge in [0.2, 0.25) is 0 Å². The van der Waals surface area contributed by atoms with Crippen LogP contribution in [0.25, 0.3) is 5.69 Å². The zero-order chi connectivity index (χ0) is 15.4. The lowest BCUT2D eigenvalue weighted by Crippen LogP contribution is -2.19. The van der Waals surface area contributed by atoms with Gasteiger partial charge in [-0.25, -0.2) is 0 Å². The Morgan fingerprint density at radius 3 is 2.57 bits per heavy atom. The first-order valence-corrected chi connectivity index (χ1v) is 6.70. The van der Waals surface area contributed by atoms with Crippen LogP contribution in [0.5, 0.6) is 11.5 Å². The maximum absolute atomic E-state index is 12.0. The van der Waals surface area contributed by atoms with E-state index in [1.165, 1.54) is 0 Å². The van der Waals surface area contributed by atoms with Crippen molar-refractivity contribution in [2.75, 3.05) is 21.3 Å². The Hall–Kier alpha value is -2.27. The Bertz CT molecular complexity index is 692. The number of benzene rings is 1. The molecule has 5 heteroatoms. The van der Waals surface area contributed by atoms with E-state index in [9.17, 15) is 4.79 Å². The van der Waals surface area contributed by atoms with E-state index in [4.69, 9.17) is 9.47 Å². The smallest absolute Gasteiger partial charge is 0.186 e. The molecule has 0 aliphatic rings. The van der Waals surface area contributed by atoms with Crippen molar-refractivity contribution in [1.29, 1.82) is 0 Å². The highest BCUT2D eigenvalue weighted by Gasteiger charge is 2.11. The normalized spacial score (nSPS) is 10.5. The summed E-state index contributed by atoms with van der Waals surface area (Å²) in [4.78, 5) is 12.0. The monoisotopic (exact) mass is 288 g/mol.